The monoisotopic (exact) mass is 269 g/mol. The number of alkyl halides is 3. The van der Waals surface area contributed by atoms with Gasteiger partial charge in [-0.1, -0.05) is 0 Å². The fourth-order valence-corrected chi connectivity index (χ4v) is 4.89. The zero-order valence-electron chi connectivity index (χ0n) is 9.20. The molecule has 0 amide bonds. The van der Waals surface area contributed by atoms with Crippen molar-refractivity contribution in [3.8, 4) is 0 Å². The van der Waals surface area contributed by atoms with Crippen molar-refractivity contribution in [2.24, 2.45) is 5.41 Å². The zero-order chi connectivity index (χ0) is 12.5. The van der Waals surface area contributed by atoms with E-state index in [9.17, 15) is 21.6 Å². The van der Waals surface area contributed by atoms with Crippen molar-refractivity contribution in [1.82, 2.24) is 4.31 Å². The van der Waals surface area contributed by atoms with Crippen LogP contribution in [0.1, 0.15) is 38.5 Å². The summed E-state index contributed by atoms with van der Waals surface area (Å²) < 4.78 is 61.5. The lowest BCUT2D eigenvalue weighted by Gasteiger charge is -2.38. The largest absolute Gasteiger partial charge is 0.511 e. The van der Waals surface area contributed by atoms with Gasteiger partial charge in [-0.15, -0.1) is 0 Å². The summed E-state index contributed by atoms with van der Waals surface area (Å²) in [6.45, 7) is 0. The van der Waals surface area contributed by atoms with Crippen molar-refractivity contribution in [1.29, 1.82) is 0 Å². The number of halogens is 3. The van der Waals surface area contributed by atoms with Gasteiger partial charge in [0.2, 0.25) is 0 Å². The molecule has 1 aliphatic carbocycles. The van der Waals surface area contributed by atoms with Crippen LogP contribution in [-0.4, -0.2) is 30.3 Å². The molecule has 0 aromatic carbocycles. The quantitative estimate of drug-likeness (QED) is 0.732. The average Bonchev–Trinajstić information content (AvgIpc) is 2.85. The number of fused-ring (bicyclic) bond motifs is 2. The highest BCUT2D eigenvalue weighted by Crippen LogP contribution is 2.60. The molecular weight excluding hydrogens is 255 g/mol. The minimum absolute atomic E-state index is 0.184. The van der Waals surface area contributed by atoms with Crippen molar-refractivity contribution < 1.29 is 21.6 Å². The SMILES string of the molecule is O=S(=O)(N1C2CCC1CC1(CC1)C2)C(F)(F)F. The van der Waals surface area contributed by atoms with E-state index < -0.39 is 27.6 Å². The zero-order valence-corrected chi connectivity index (χ0v) is 10.0. The third kappa shape index (κ3) is 1.62. The molecule has 0 aromatic heterocycles. The molecule has 2 bridgehead atoms. The van der Waals surface area contributed by atoms with Gasteiger partial charge in [-0.3, -0.25) is 0 Å². The molecule has 2 atom stereocenters. The smallest absolute Gasteiger partial charge is 0.203 e. The first-order chi connectivity index (χ1) is 7.75. The highest BCUT2D eigenvalue weighted by molar-refractivity contribution is 7.90. The summed E-state index contributed by atoms with van der Waals surface area (Å²) in [6.07, 6.45) is 4.53. The summed E-state index contributed by atoms with van der Waals surface area (Å²) in [6, 6.07) is -0.828. The summed E-state index contributed by atoms with van der Waals surface area (Å²) in [7, 11) is -5.12. The Hall–Kier alpha value is -0.300. The minimum Gasteiger partial charge on any atom is -0.203 e. The number of rotatable bonds is 1. The van der Waals surface area contributed by atoms with Crippen molar-refractivity contribution in [2.75, 3.05) is 0 Å². The Morgan fingerprint density at radius 2 is 1.53 bits per heavy atom. The highest BCUT2D eigenvalue weighted by atomic mass is 32.2. The van der Waals surface area contributed by atoms with Crippen LogP contribution in [0.4, 0.5) is 13.2 Å². The second-order valence-electron chi connectivity index (χ2n) is 5.57. The lowest BCUT2D eigenvalue weighted by molar-refractivity contribution is -0.0521. The maximum absolute atomic E-state index is 12.6. The van der Waals surface area contributed by atoms with E-state index in [-0.39, 0.29) is 5.41 Å². The van der Waals surface area contributed by atoms with Crippen LogP contribution in [0, 0.1) is 5.41 Å². The Kier molecular flexibility index (Phi) is 2.20. The third-order valence-corrected chi connectivity index (χ3v) is 6.15. The van der Waals surface area contributed by atoms with Crippen LogP contribution in [0.3, 0.4) is 0 Å². The Labute approximate surface area is 98.0 Å². The van der Waals surface area contributed by atoms with Gasteiger partial charge in [0.1, 0.15) is 0 Å². The van der Waals surface area contributed by atoms with Gasteiger partial charge in [0.15, 0.2) is 0 Å². The molecule has 0 radical (unpaired) electrons. The van der Waals surface area contributed by atoms with E-state index in [2.05, 4.69) is 0 Å². The highest BCUT2D eigenvalue weighted by Gasteiger charge is 2.62. The van der Waals surface area contributed by atoms with Gasteiger partial charge in [-0.25, -0.2) is 8.42 Å². The second-order valence-corrected chi connectivity index (χ2v) is 7.41. The maximum Gasteiger partial charge on any atom is 0.511 e. The molecule has 1 saturated carbocycles. The first kappa shape index (κ1) is 11.8. The summed E-state index contributed by atoms with van der Waals surface area (Å²) in [4.78, 5) is 0. The first-order valence-electron chi connectivity index (χ1n) is 5.85. The summed E-state index contributed by atoms with van der Waals surface area (Å²) >= 11 is 0. The van der Waals surface area contributed by atoms with Crippen LogP contribution in [0.2, 0.25) is 0 Å². The van der Waals surface area contributed by atoms with Crippen LogP contribution in [-0.2, 0) is 10.0 Å². The fraction of sp³-hybridized carbons (Fsp3) is 1.00. The van der Waals surface area contributed by atoms with E-state index in [0.29, 0.717) is 25.7 Å². The molecule has 3 aliphatic rings. The maximum atomic E-state index is 12.6. The molecule has 17 heavy (non-hydrogen) atoms. The van der Waals surface area contributed by atoms with Gasteiger partial charge < -0.3 is 0 Å². The lowest BCUT2D eigenvalue weighted by Crippen LogP contribution is -2.51. The number of hydrogen-bond donors (Lipinski definition) is 0. The van der Waals surface area contributed by atoms with E-state index >= 15 is 0 Å². The molecular formula is C10H14F3NO2S. The normalized spacial score (nSPS) is 36.4. The van der Waals surface area contributed by atoms with Gasteiger partial charge >= 0.3 is 15.5 Å². The number of sulfonamides is 1. The molecule has 2 saturated heterocycles. The van der Waals surface area contributed by atoms with E-state index in [1.807, 2.05) is 0 Å². The van der Waals surface area contributed by atoms with Crippen LogP contribution in [0.5, 0.6) is 0 Å². The second kappa shape index (κ2) is 3.17. The molecule has 98 valence electrons. The molecule has 1 spiro atoms. The fourth-order valence-electron chi connectivity index (χ4n) is 3.50. The molecule has 3 rings (SSSR count). The Morgan fingerprint density at radius 3 is 1.88 bits per heavy atom. The van der Waals surface area contributed by atoms with Crippen LogP contribution >= 0.6 is 0 Å². The topological polar surface area (TPSA) is 37.4 Å². The van der Waals surface area contributed by atoms with E-state index in [4.69, 9.17) is 0 Å². The molecule has 0 N–H and O–H groups in total. The van der Waals surface area contributed by atoms with Crippen molar-refractivity contribution >= 4 is 10.0 Å². The van der Waals surface area contributed by atoms with Crippen molar-refractivity contribution in [2.45, 2.75) is 56.1 Å². The summed E-state index contributed by atoms with van der Waals surface area (Å²) in [5.41, 5.74) is -4.97. The van der Waals surface area contributed by atoms with Gasteiger partial charge in [-0.05, 0) is 43.9 Å². The Morgan fingerprint density at radius 1 is 1.06 bits per heavy atom. The van der Waals surface area contributed by atoms with Crippen LogP contribution in [0.25, 0.3) is 0 Å². The molecule has 3 fully saturated rings. The average molecular weight is 269 g/mol. The van der Waals surface area contributed by atoms with E-state index in [1.165, 1.54) is 0 Å². The number of hydrogen-bond acceptors (Lipinski definition) is 2. The molecule has 7 heteroatoms. The van der Waals surface area contributed by atoms with Gasteiger partial charge in [-0.2, -0.15) is 17.5 Å². The predicted molar refractivity (Wildman–Crippen MR) is 54.5 cm³/mol. The number of piperidine rings is 1. The number of nitrogens with zero attached hydrogens (tertiary/aromatic N) is 1. The van der Waals surface area contributed by atoms with Crippen LogP contribution < -0.4 is 0 Å². The summed E-state index contributed by atoms with van der Waals surface area (Å²) in [5, 5.41) is 0. The van der Waals surface area contributed by atoms with E-state index in [1.54, 1.807) is 0 Å². The minimum atomic E-state index is -5.15. The van der Waals surface area contributed by atoms with Gasteiger partial charge in [0.25, 0.3) is 0 Å². The standard InChI is InChI=1S/C10H14F3NO2S/c11-10(12,13)17(15,16)14-7-1-2-8(14)6-9(5-7)3-4-9/h7-8H,1-6H2. The molecule has 3 nitrogen and oxygen atoms in total. The lowest BCUT2D eigenvalue weighted by atomic mass is 9.89. The Balaban J connectivity index is 1.91. The van der Waals surface area contributed by atoms with Crippen molar-refractivity contribution in [3.05, 3.63) is 0 Å². The molecule has 2 heterocycles. The molecule has 0 aromatic rings. The van der Waals surface area contributed by atoms with Gasteiger partial charge in [0, 0.05) is 12.1 Å². The predicted octanol–water partition coefficient (Wildman–Crippen LogP) is 2.24. The first-order valence-corrected chi connectivity index (χ1v) is 7.29. The van der Waals surface area contributed by atoms with Gasteiger partial charge in [0.05, 0.1) is 0 Å². The van der Waals surface area contributed by atoms with Crippen LogP contribution in [0.15, 0.2) is 0 Å². The summed E-state index contributed by atoms with van der Waals surface area (Å²) in [5.74, 6) is 0. The van der Waals surface area contributed by atoms with E-state index in [0.717, 1.165) is 17.1 Å². The Bertz CT molecular complexity index is 425. The molecule has 2 unspecified atom stereocenters. The molecule has 2 aliphatic heterocycles. The van der Waals surface area contributed by atoms with Crippen molar-refractivity contribution in [3.63, 3.8) is 0 Å². The third-order valence-electron chi connectivity index (χ3n) is 4.42.